The van der Waals surface area contributed by atoms with E-state index in [1.807, 2.05) is 30.0 Å². The molecule has 0 aliphatic carbocycles. The molecule has 116 valence electrons. The van der Waals surface area contributed by atoms with Crippen molar-refractivity contribution in [2.45, 2.75) is 58.0 Å². The van der Waals surface area contributed by atoms with Gasteiger partial charge in [0.15, 0.2) is 8.32 Å². The molecule has 1 aromatic rings. The molecule has 1 aromatic carbocycles. The van der Waals surface area contributed by atoms with E-state index in [4.69, 9.17) is 4.43 Å². The molecular weight excluding hydrogens is 278 g/mol. The smallest absolute Gasteiger partial charge is 0.253 e. The summed E-state index contributed by atoms with van der Waals surface area (Å²) in [4.78, 5) is 14.4. The third-order valence-corrected chi connectivity index (χ3v) is 9.56. The van der Waals surface area contributed by atoms with Crippen LogP contribution in [0.2, 0.25) is 18.1 Å². The fraction of sp³-hybridized carbons (Fsp3) is 0.588. The largest absolute Gasteiger partial charge is 0.403 e. The second-order valence-electron chi connectivity index (χ2n) is 5.76. The lowest BCUT2D eigenvalue weighted by Gasteiger charge is -2.49. The summed E-state index contributed by atoms with van der Waals surface area (Å²) in [7, 11) is -1.76. The third-order valence-electron chi connectivity index (χ3n) is 4.94. The number of amides is 1. The zero-order chi connectivity index (χ0) is 15.5. The minimum Gasteiger partial charge on any atom is -0.403 e. The van der Waals surface area contributed by atoms with Gasteiger partial charge in [0.05, 0.1) is 6.04 Å². The molecule has 0 aromatic heterocycles. The van der Waals surface area contributed by atoms with Gasteiger partial charge in [0.1, 0.15) is 6.10 Å². The van der Waals surface area contributed by atoms with Crippen LogP contribution < -0.4 is 0 Å². The maximum absolute atomic E-state index is 12.4. The Morgan fingerprint density at radius 1 is 1.05 bits per heavy atom. The van der Waals surface area contributed by atoms with Gasteiger partial charge in [-0.05, 0) is 30.6 Å². The van der Waals surface area contributed by atoms with E-state index < -0.39 is 8.32 Å². The highest BCUT2D eigenvalue weighted by molar-refractivity contribution is 6.73. The fourth-order valence-electron chi connectivity index (χ4n) is 3.26. The van der Waals surface area contributed by atoms with Crippen LogP contribution >= 0.6 is 0 Å². The first kappa shape index (κ1) is 16.2. The Labute approximate surface area is 129 Å². The summed E-state index contributed by atoms with van der Waals surface area (Å²) in [6, 6.07) is 13.6. The predicted molar refractivity (Wildman–Crippen MR) is 88.6 cm³/mol. The van der Waals surface area contributed by atoms with Gasteiger partial charge < -0.3 is 9.33 Å². The van der Waals surface area contributed by atoms with E-state index in [0.29, 0.717) is 0 Å². The van der Waals surface area contributed by atoms with Crippen LogP contribution in [0.5, 0.6) is 0 Å². The van der Waals surface area contributed by atoms with Crippen LogP contribution in [-0.2, 0) is 9.22 Å². The van der Waals surface area contributed by atoms with E-state index in [1.54, 1.807) is 0 Å². The number of rotatable bonds is 7. The van der Waals surface area contributed by atoms with Gasteiger partial charge in [-0.1, -0.05) is 51.1 Å². The van der Waals surface area contributed by atoms with Gasteiger partial charge in [0.2, 0.25) is 0 Å². The lowest BCUT2D eigenvalue weighted by molar-refractivity contribution is -0.164. The first-order valence-corrected chi connectivity index (χ1v) is 10.7. The molecule has 1 aliphatic heterocycles. The van der Waals surface area contributed by atoms with Crippen molar-refractivity contribution in [3.05, 3.63) is 35.9 Å². The number of benzene rings is 1. The SMILES string of the molecule is CCN1C(=O)[C@H](O[Si](CC)(CC)CC)[C@@H]1c1ccccc1. The standard InChI is InChI=1S/C17H27NO2Si/c1-5-18-15(14-12-10-9-11-13-14)16(17(18)19)20-21(6-2,7-3)8-4/h9-13,15-16H,5-8H2,1-4H3/t15-,16+/m0/s1. The number of carbonyl (C=O) groups is 1. The molecule has 1 aliphatic rings. The highest BCUT2D eigenvalue weighted by Gasteiger charge is 2.51. The number of nitrogens with zero attached hydrogens (tertiary/aromatic N) is 1. The summed E-state index contributed by atoms with van der Waals surface area (Å²) < 4.78 is 6.48. The molecule has 1 amide bonds. The van der Waals surface area contributed by atoms with Crippen molar-refractivity contribution in [3.8, 4) is 0 Å². The van der Waals surface area contributed by atoms with E-state index in [2.05, 4.69) is 32.9 Å². The van der Waals surface area contributed by atoms with Gasteiger partial charge in [0, 0.05) is 6.54 Å². The van der Waals surface area contributed by atoms with Crippen LogP contribution in [0.15, 0.2) is 30.3 Å². The van der Waals surface area contributed by atoms with Crippen molar-refractivity contribution in [2.24, 2.45) is 0 Å². The fourth-order valence-corrected chi connectivity index (χ4v) is 6.03. The predicted octanol–water partition coefficient (Wildman–Crippen LogP) is 3.98. The van der Waals surface area contributed by atoms with Gasteiger partial charge in [-0.25, -0.2) is 0 Å². The molecule has 2 atom stereocenters. The summed E-state index contributed by atoms with van der Waals surface area (Å²) in [5, 5.41) is 0. The number of β-lactam (4-membered cyclic amide) rings is 1. The topological polar surface area (TPSA) is 29.5 Å². The minimum atomic E-state index is -1.76. The van der Waals surface area contributed by atoms with Crippen LogP contribution in [0, 0.1) is 0 Å². The Hall–Kier alpha value is -1.13. The summed E-state index contributed by atoms with van der Waals surface area (Å²) in [5.41, 5.74) is 1.19. The van der Waals surface area contributed by atoms with Crippen LogP contribution in [-0.4, -0.2) is 31.8 Å². The van der Waals surface area contributed by atoms with Crippen molar-refractivity contribution in [2.75, 3.05) is 6.54 Å². The molecule has 0 saturated carbocycles. The summed E-state index contributed by atoms with van der Waals surface area (Å²) >= 11 is 0. The number of hydrogen-bond donors (Lipinski definition) is 0. The van der Waals surface area contributed by atoms with Gasteiger partial charge >= 0.3 is 0 Å². The van der Waals surface area contributed by atoms with Gasteiger partial charge in [-0.15, -0.1) is 0 Å². The maximum Gasteiger partial charge on any atom is 0.253 e. The Balaban J connectivity index is 2.23. The Bertz CT molecular complexity index is 465. The second-order valence-corrected chi connectivity index (χ2v) is 10.5. The molecule has 3 nitrogen and oxygen atoms in total. The molecule has 1 saturated heterocycles. The third kappa shape index (κ3) is 2.92. The van der Waals surface area contributed by atoms with Crippen LogP contribution in [0.3, 0.4) is 0 Å². The van der Waals surface area contributed by atoms with E-state index in [1.165, 1.54) is 5.56 Å². The molecule has 0 spiro atoms. The van der Waals surface area contributed by atoms with E-state index in [-0.39, 0.29) is 18.1 Å². The molecule has 2 rings (SSSR count). The molecule has 0 N–H and O–H groups in total. The Morgan fingerprint density at radius 2 is 1.62 bits per heavy atom. The van der Waals surface area contributed by atoms with Crippen LogP contribution in [0.4, 0.5) is 0 Å². The van der Waals surface area contributed by atoms with Crippen molar-refractivity contribution in [1.82, 2.24) is 4.90 Å². The highest BCUT2D eigenvalue weighted by Crippen LogP contribution is 2.39. The normalized spacial score (nSPS) is 22.3. The molecule has 0 unspecified atom stereocenters. The van der Waals surface area contributed by atoms with Crippen LogP contribution in [0.25, 0.3) is 0 Å². The van der Waals surface area contributed by atoms with Crippen molar-refractivity contribution < 1.29 is 9.22 Å². The average Bonchev–Trinajstić information content (AvgIpc) is 2.55. The van der Waals surface area contributed by atoms with Crippen molar-refractivity contribution in [1.29, 1.82) is 0 Å². The molecule has 0 bridgehead atoms. The van der Waals surface area contributed by atoms with Crippen molar-refractivity contribution in [3.63, 3.8) is 0 Å². The molecular formula is C17H27NO2Si. The first-order valence-electron chi connectivity index (χ1n) is 8.15. The van der Waals surface area contributed by atoms with E-state index in [0.717, 1.165) is 24.7 Å². The number of likely N-dealkylation sites (tertiary alicyclic amines) is 1. The molecule has 1 fully saturated rings. The van der Waals surface area contributed by atoms with Gasteiger partial charge in [-0.2, -0.15) is 0 Å². The highest BCUT2D eigenvalue weighted by atomic mass is 28.4. The minimum absolute atomic E-state index is 0.0974. The van der Waals surface area contributed by atoms with E-state index >= 15 is 0 Å². The van der Waals surface area contributed by atoms with Gasteiger partial charge in [0.25, 0.3) is 5.91 Å². The van der Waals surface area contributed by atoms with Crippen LogP contribution in [0.1, 0.15) is 39.3 Å². The van der Waals surface area contributed by atoms with Gasteiger partial charge in [-0.3, -0.25) is 4.79 Å². The lowest BCUT2D eigenvalue weighted by atomic mass is 9.91. The number of hydrogen-bond acceptors (Lipinski definition) is 2. The van der Waals surface area contributed by atoms with E-state index in [9.17, 15) is 4.79 Å². The summed E-state index contributed by atoms with van der Waals surface area (Å²) in [5.74, 6) is 0.165. The summed E-state index contributed by atoms with van der Waals surface area (Å²) in [6.45, 7) is 9.40. The Morgan fingerprint density at radius 3 is 2.10 bits per heavy atom. The average molecular weight is 305 g/mol. The molecule has 4 heteroatoms. The number of likely N-dealkylation sites (N-methyl/N-ethyl adjacent to an activating group) is 1. The zero-order valence-electron chi connectivity index (χ0n) is 13.6. The Kier molecular flexibility index (Phi) is 5.22. The molecule has 21 heavy (non-hydrogen) atoms. The maximum atomic E-state index is 12.4. The molecule has 0 radical (unpaired) electrons. The monoisotopic (exact) mass is 305 g/mol. The first-order chi connectivity index (χ1) is 10.1. The summed E-state index contributed by atoms with van der Waals surface area (Å²) in [6.07, 6.45) is -0.265. The quantitative estimate of drug-likeness (QED) is 0.563. The lowest BCUT2D eigenvalue weighted by Crippen LogP contribution is -2.62. The number of carbonyl (C=O) groups excluding carboxylic acids is 1. The zero-order valence-corrected chi connectivity index (χ0v) is 14.6. The molecule has 1 heterocycles. The second kappa shape index (κ2) is 6.75. The van der Waals surface area contributed by atoms with Crippen molar-refractivity contribution >= 4 is 14.2 Å².